The van der Waals surface area contributed by atoms with Crippen LogP contribution in [0.4, 0.5) is 18.9 Å². The molecule has 1 atom stereocenters. The summed E-state index contributed by atoms with van der Waals surface area (Å²) in [5.41, 5.74) is -0.122. The van der Waals surface area contributed by atoms with Gasteiger partial charge in [0.1, 0.15) is 5.82 Å². The Morgan fingerprint density at radius 1 is 1.28 bits per heavy atom. The Balaban J connectivity index is 1.78. The van der Waals surface area contributed by atoms with E-state index in [9.17, 15) is 22.8 Å². The first kappa shape index (κ1) is 19.7. The van der Waals surface area contributed by atoms with Gasteiger partial charge in [-0.2, -0.15) is 0 Å². The maximum absolute atomic E-state index is 13.8. The van der Waals surface area contributed by atoms with Crippen molar-refractivity contribution >= 4 is 29.6 Å². The molecule has 0 radical (unpaired) electrons. The Morgan fingerprint density at radius 3 is 2.69 bits per heavy atom. The number of anilines is 1. The molecule has 1 unspecified atom stereocenters. The minimum absolute atomic E-state index is 0.0943. The number of hydrogen-bond donors (Lipinski definition) is 1. The highest BCUT2D eigenvalue weighted by Crippen LogP contribution is 2.45. The Hall–Kier alpha value is -2.61. The van der Waals surface area contributed by atoms with Crippen LogP contribution >= 0.6 is 11.6 Å². The second-order valence-corrected chi connectivity index (χ2v) is 7.87. The Kier molecular flexibility index (Phi) is 4.77. The number of benzene rings is 1. The van der Waals surface area contributed by atoms with E-state index in [1.807, 2.05) is 0 Å². The fourth-order valence-corrected chi connectivity index (χ4v) is 4.38. The molecule has 1 saturated carbocycles. The standard InChI is InChI=1S/C20H17ClF3N3O2/c21-13-1-2-17-12(5-13)3-4-20(17,18(29)26-15-7-19(23,24)8-15)27(11-28)16-6-14(22)9-25-10-16/h1-2,5-6,9-11,15H,3-4,7-8H2,(H,26,29). The SMILES string of the molecule is O=CN(c1cncc(F)c1)C1(C(=O)NC2CC(F)(F)C2)CCc2cc(Cl)ccc21. The molecule has 0 spiro atoms. The number of carbonyl (C=O) groups is 2. The van der Waals surface area contributed by atoms with Gasteiger partial charge in [-0.25, -0.2) is 13.2 Å². The van der Waals surface area contributed by atoms with Gasteiger partial charge in [-0.3, -0.25) is 19.5 Å². The van der Waals surface area contributed by atoms with Crippen LogP contribution in [0.25, 0.3) is 0 Å². The van der Waals surface area contributed by atoms with Crippen LogP contribution in [0, 0.1) is 5.82 Å². The predicted octanol–water partition coefficient (Wildman–Crippen LogP) is 3.59. The van der Waals surface area contributed by atoms with Crippen LogP contribution < -0.4 is 10.2 Å². The molecule has 2 aliphatic carbocycles. The van der Waals surface area contributed by atoms with Gasteiger partial charge in [-0.15, -0.1) is 0 Å². The van der Waals surface area contributed by atoms with E-state index in [0.717, 1.165) is 22.7 Å². The van der Waals surface area contributed by atoms with Crippen LogP contribution in [0.3, 0.4) is 0 Å². The van der Waals surface area contributed by atoms with Crippen LogP contribution in [0.15, 0.2) is 36.7 Å². The number of aryl methyl sites for hydroxylation is 1. The topological polar surface area (TPSA) is 62.3 Å². The molecule has 1 aromatic carbocycles. The molecule has 2 aromatic rings. The van der Waals surface area contributed by atoms with Gasteiger partial charge >= 0.3 is 0 Å². The van der Waals surface area contributed by atoms with E-state index in [1.165, 1.54) is 6.20 Å². The molecule has 0 aliphatic heterocycles. The van der Waals surface area contributed by atoms with Gasteiger partial charge in [-0.05, 0) is 36.1 Å². The Bertz CT molecular complexity index is 979. The molecule has 152 valence electrons. The van der Waals surface area contributed by atoms with Crippen LogP contribution in [0.5, 0.6) is 0 Å². The molecule has 1 fully saturated rings. The summed E-state index contributed by atoms with van der Waals surface area (Å²) in [6, 6.07) is 5.35. The van der Waals surface area contributed by atoms with Gasteiger partial charge in [-0.1, -0.05) is 17.7 Å². The lowest BCUT2D eigenvalue weighted by Gasteiger charge is -2.42. The van der Waals surface area contributed by atoms with E-state index in [-0.39, 0.29) is 12.1 Å². The van der Waals surface area contributed by atoms with Crippen LogP contribution in [0.1, 0.15) is 30.4 Å². The number of nitrogens with zero attached hydrogens (tertiary/aromatic N) is 2. The molecule has 29 heavy (non-hydrogen) atoms. The molecule has 1 N–H and O–H groups in total. The average Bonchev–Trinajstić information content (AvgIpc) is 3.00. The maximum atomic E-state index is 13.8. The zero-order chi connectivity index (χ0) is 20.8. The highest BCUT2D eigenvalue weighted by molar-refractivity contribution is 6.30. The van der Waals surface area contributed by atoms with E-state index in [4.69, 9.17) is 11.6 Å². The summed E-state index contributed by atoms with van der Waals surface area (Å²) < 4.78 is 40.3. The van der Waals surface area contributed by atoms with Gasteiger partial charge in [0.25, 0.3) is 11.8 Å². The third-order valence-corrected chi connectivity index (χ3v) is 5.79. The maximum Gasteiger partial charge on any atom is 0.252 e. The van der Waals surface area contributed by atoms with Crippen molar-refractivity contribution in [3.8, 4) is 0 Å². The second kappa shape index (κ2) is 7.02. The monoisotopic (exact) mass is 423 g/mol. The summed E-state index contributed by atoms with van der Waals surface area (Å²) in [6.45, 7) is 0. The number of hydrogen-bond acceptors (Lipinski definition) is 3. The fourth-order valence-electron chi connectivity index (χ4n) is 4.19. The van der Waals surface area contributed by atoms with Crippen molar-refractivity contribution in [2.24, 2.45) is 0 Å². The van der Waals surface area contributed by atoms with Crippen molar-refractivity contribution < 1.29 is 22.8 Å². The molecule has 1 aromatic heterocycles. The quantitative estimate of drug-likeness (QED) is 0.747. The molecule has 2 aliphatic rings. The average molecular weight is 424 g/mol. The first-order chi connectivity index (χ1) is 13.7. The van der Waals surface area contributed by atoms with E-state index >= 15 is 0 Å². The predicted molar refractivity (Wildman–Crippen MR) is 100 cm³/mol. The normalized spacial score (nSPS) is 22.5. The lowest BCUT2D eigenvalue weighted by atomic mass is 9.84. The zero-order valence-corrected chi connectivity index (χ0v) is 15.9. The van der Waals surface area contributed by atoms with Crippen molar-refractivity contribution in [3.05, 3.63) is 58.6 Å². The first-order valence-corrected chi connectivity index (χ1v) is 9.46. The molecule has 2 amide bonds. The highest BCUT2D eigenvalue weighted by Gasteiger charge is 2.53. The minimum atomic E-state index is -2.80. The van der Waals surface area contributed by atoms with Crippen LogP contribution in [0.2, 0.25) is 5.02 Å². The molecule has 5 nitrogen and oxygen atoms in total. The molecular weight excluding hydrogens is 407 g/mol. The van der Waals surface area contributed by atoms with Crippen LogP contribution in [-0.2, 0) is 21.5 Å². The number of aromatic nitrogens is 1. The lowest BCUT2D eigenvalue weighted by Crippen LogP contribution is -2.60. The smallest absolute Gasteiger partial charge is 0.252 e. The number of alkyl halides is 2. The van der Waals surface area contributed by atoms with Gasteiger partial charge < -0.3 is 5.32 Å². The van der Waals surface area contributed by atoms with Gasteiger partial charge in [0.2, 0.25) is 6.41 Å². The van der Waals surface area contributed by atoms with E-state index in [0.29, 0.717) is 23.4 Å². The highest BCUT2D eigenvalue weighted by atomic mass is 35.5. The number of halogens is 4. The zero-order valence-electron chi connectivity index (χ0n) is 15.2. The molecule has 1 heterocycles. The van der Waals surface area contributed by atoms with Crippen molar-refractivity contribution in [1.82, 2.24) is 10.3 Å². The van der Waals surface area contributed by atoms with Crippen molar-refractivity contribution in [1.29, 1.82) is 0 Å². The van der Waals surface area contributed by atoms with Gasteiger partial charge in [0, 0.05) is 30.0 Å². The summed E-state index contributed by atoms with van der Waals surface area (Å²) in [4.78, 5) is 30.4. The number of pyridine rings is 1. The third-order valence-electron chi connectivity index (χ3n) is 5.56. The van der Waals surface area contributed by atoms with E-state index in [2.05, 4.69) is 10.3 Å². The number of nitrogens with one attached hydrogen (secondary N) is 1. The number of carbonyl (C=O) groups excluding carboxylic acids is 2. The van der Waals surface area contributed by atoms with Gasteiger partial charge in [0.05, 0.1) is 18.1 Å². The summed E-state index contributed by atoms with van der Waals surface area (Å²) >= 11 is 6.07. The third kappa shape index (κ3) is 3.35. The van der Waals surface area contributed by atoms with Crippen molar-refractivity contribution in [2.75, 3.05) is 4.90 Å². The molecule has 0 bridgehead atoms. The summed E-state index contributed by atoms with van der Waals surface area (Å²) in [7, 11) is 0. The molecular formula is C20H17ClF3N3O2. The second-order valence-electron chi connectivity index (χ2n) is 7.43. The lowest BCUT2D eigenvalue weighted by molar-refractivity contribution is -0.135. The largest absolute Gasteiger partial charge is 0.351 e. The van der Waals surface area contributed by atoms with Crippen molar-refractivity contribution in [2.45, 2.75) is 43.2 Å². The summed E-state index contributed by atoms with van der Waals surface area (Å²) in [5.74, 6) is -4.06. The molecule has 9 heteroatoms. The fraction of sp³-hybridized carbons (Fsp3) is 0.350. The van der Waals surface area contributed by atoms with Crippen LogP contribution in [-0.4, -0.2) is 29.3 Å². The number of amides is 2. The van der Waals surface area contributed by atoms with Gasteiger partial charge in [0.15, 0.2) is 5.54 Å². The summed E-state index contributed by atoms with van der Waals surface area (Å²) in [5, 5.41) is 3.12. The number of fused-ring (bicyclic) bond motifs is 1. The van der Waals surface area contributed by atoms with Crippen molar-refractivity contribution in [3.63, 3.8) is 0 Å². The first-order valence-electron chi connectivity index (χ1n) is 9.08. The Labute approximate surface area is 169 Å². The Morgan fingerprint density at radius 2 is 2.03 bits per heavy atom. The summed E-state index contributed by atoms with van der Waals surface area (Å²) in [6.07, 6.45) is 2.44. The molecule has 4 rings (SSSR count). The minimum Gasteiger partial charge on any atom is -0.351 e. The van der Waals surface area contributed by atoms with E-state index < -0.39 is 42.1 Å². The molecule has 0 saturated heterocycles. The number of rotatable bonds is 5. The van der Waals surface area contributed by atoms with E-state index in [1.54, 1.807) is 18.2 Å².